The molecule has 0 aliphatic rings. The molecule has 120 valence electrons. The van der Waals surface area contributed by atoms with Crippen LogP contribution >= 0.6 is 11.3 Å². The third-order valence-corrected chi connectivity index (χ3v) is 3.35. The van der Waals surface area contributed by atoms with Crippen LogP contribution in [0.5, 0.6) is 11.5 Å². The van der Waals surface area contributed by atoms with Crippen molar-refractivity contribution in [3.05, 3.63) is 34.8 Å². The first-order valence-electron chi connectivity index (χ1n) is 6.07. The highest BCUT2D eigenvalue weighted by Crippen LogP contribution is 2.29. The lowest BCUT2D eigenvalue weighted by molar-refractivity contribution is -0.151. The molecule has 0 spiro atoms. The van der Waals surface area contributed by atoms with Crippen molar-refractivity contribution < 1.29 is 29.7 Å². The molecular weight excluding hydrogens is 326 g/mol. The van der Waals surface area contributed by atoms with E-state index in [9.17, 15) is 24.9 Å². The van der Waals surface area contributed by atoms with Crippen molar-refractivity contribution in [1.82, 2.24) is 4.98 Å². The molecular formula is C13H11N3O6S. The number of nitrogen functional groups attached to an aromatic ring is 1. The number of hydrogen-bond acceptors (Lipinski definition) is 9. The van der Waals surface area contributed by atoms with Crippen molar-refractivity contribution in [3.8, 4) is 11.5 Å². The summed E-state index contributed by atoms with van der Waals surface area (Å²) in [5, 5.41) is 33.0. The maximum atomic E-state index is 11.3. The van der Waals surface area contributed by atoms with Crippen LogP contribution in [0, 0.1) is 0 Å². The summed E-state index contributed by atoms with van der Waals surface area (Å²) >= 11 is 1.08. The Hall–Kier alpha value is -3.14. The Kier molecular flexibility index (Phi) is 4.76. The highest BCUT2D eigenvalue weighted by Gasteiger charge is 2.23. The normalized spacial score (nSPS) is 12.6. The maximum absolute atomic E-state index is 11.3. The summed E-state index contributed by atoms with van der Waals surface area (Å²) in [4.78, 5) is 31.0. The van der Waals surface area contributed by atoms with Crippen LogP contribution in [-0.2, 0) is 14.4 Å². The molecule has 1 heterocycles. The molecule has 0 saturated heterocycles. The number of carboxylic acid groups (broad SMARTS) is 1. The molecule has 1 atom stereocenters. The smallest absolute Gasteiger partial charge is 0.352 e. The quantitative estimate of drug-likeness (QED) is 0.262. The third-order valence-electron chi connectivity index (χ3n) is 2.68. The first-order valence-corrected chi connectivity index (χ1v) is 6.95. The minimum Gasteiger partial charge on any atom is -0.504 e. The van der Waals surface area contributed by atoms with Crippen molar-refractivity contribution in [1.29, 1.82) is 0 Å². The number of oxime groups is 1. The van der Waals surface area contributed by atoms with E-state index in [0.717, 1.165) is 23.5 Å². The highest BCUT2D eigenvalue weighted by atomic mass is 32.1. The maximum Gasteiger partial charge on any atom is 0.352 e. The van der Waals surface area contributed by atoms with E-state index in [1.807, 2.05) is 0 Å². The summed E-state index contributed by atoms with van der Waals surface area (Å²) in [7, 11) is 0. The number of carbonyl (C=O) groups excluding carboxylic acids is 1. The SMILES string of the molecule is Nc1nc(C(C=O)=NOC(C(=O)O)c2ccc(O)c(O)c2)cs1. The first kappa shape index (κ1) is 16.2. The summed E-state index contributed by atoms with van der Waals surface area (Å²) in [5.74, 6) is -2.32. The van der Waals surface area contributed by atoms with Gasteiger partial charge in [-0.25, -0.2) is 9.78 Å². The largest absolute Gasteiger partial charge is 0.504 e. The Labute approximate surface area is 133 Å². The molecule has 5 N–H and O–H groups in total. The van der Waals surface area contributed by atoms with Crippen LogP contribution in [0.3, 0.4) is 0 Å². The van der Waals surface area contributed by atoms with E-state index >= 15 is 0 Å². The molecule has 23 heavy (non-hydrogen) atoms. The molecule has 2 aromatic rings. The van der Waals surface area contributed by atoms with Crippen molar-refractivity contribution >= 4 is 34.4 Å². The second-order valence-electron chi connectivity index (χ2n) is 4.24. The minimum absolute atomic E-state index is 0.0274. The molecule has 0 aliphatic heterocycles. The van der Waals surface area contributed by atoms with Crippen LogP contribution in [0.4, 0.5) is 5.13 Å². The lowest BCUT2D eigenvalue weighted by Gasteiger charge is -2.11. The summed E-state index contributed by atoms with van der Waals surface area (Å²) in [6.07, 6.45) is -1.24. The molecule has 1 aromatic heterocycles. The fourth-order valence-electron chi connectivity index (χ4n) is 1.60. The van der Waals surface area contributed by atoms with Gasteiger partial charge >= 0.3 is 5.97 Å². The number of rotatable bonds is 6. The number of carboxylic acids is 1. The van der Waals surface area contributed by atoms with Crippen LogP contribution in [-0.4, -0.2) is 38.3 Å². The molecule has 0 fully saturated rings. The van der Waals surface area contributed by atoms with E-state index < -0.39 is 23.6 Å². The van der Waals surface area contributed by atoms with Crippen molar-refractivity contribution in [2.45, 2.75) is 6.10 Å². The van der Waals surface area contributed by atoms with Gasteiger partial charge in [-0.3, -0.25) is 4.79 Å². The van der Waals surface area contributed by atoms with E-state index in [1.54, 1.807) is 0 Å². The summed E-state index contributed by atoms with van der Waals surface area (Å²) in [5.41, 5.74) is 5.40. The molecule has 0 aliphatic carbocycles. The molecule has 1 aromatic carbocycles. The molecule has 9 nitrogen and oxygen atoms in total. The number of hydrogen-bond donors (Lipinski definition) is 4. The van der Waals surface area contributed by atoms with Crippen LogP contribution < -0.4 is 5.73 Å². The van der Waals surface area contributed by atoms with Gasteiger partial charge in [-0.1, -0.05) is 11.2 Å². The van der Waals surface area contributed by atoms with Crippen molar-refractivity contribution in [3.63, 3.8) is 0 Å². The van der Waals surface area contributed by atoms with Gasteiger partial charge in [-0.05, 0) is 12.1 Å². The lowest BCUT2D eigenvalue weighted by atomic mass is 10.1. The third kappa shape index (κ3) is 3.74. The average molecular weight is 337 g/mol. The molecule has 0 saturated carbocycles. The van der Waals surface area contributed by atoms with Gasteiger partial charge in [0.25, 0.3) is 0 Å². The number of phenolic OH excluding ortho intramolecular Hbond substituents is 2. The molecule has 0 radical (unpaired) electrons. The van der Waals surface area contributed by atoms with Crippen LogP contribution in [0.1, 0.15) is 17.4 Å². The van der Waals surface area contributed by atoms with Gasteiger partial charge < -0.3 is 25.9 Å². The second-order valence-corrected chi connectivity index (χ2v) is 5.13. The van der Waals surface area contributed by atoms with E-state index in [-0.39, 0.29) is 22.1 Å². The average Bonchev–Trinajstić information content (AvgIpc) is 2.93. The van der Waals surface area contributed by atoms with Crippen LogP contribution in [0.2, 0.25) is 0 Å². The van der Waals surface area contributed by atoms with Gasteiger partial charge in [-0.15, -0.1) is 11.3 Å². The Morgan fingerprint density at radius 3 is 2.65 bits per heavy atom. The van der Waals surface area contributed by atoms with E-state index in [0.29, 0.717) is 6.29 Å². The number of thiazole rings is 1. The Morgan fingerprint density at radius 1 is 1.39 bits per heavy atom. The minimum atomic E-state index is -1.59. The topological polar surface area (TPSA) is 155 Å². The van der Waals surface area contributed by atoms with Gasteiger partial charge in [0.15, 0.2) is 28.6 Å². The monoisotopic (exact) mass is 337 g/mol. The summed E-state index contributed by atoms with van der Waals surface area (Å²) < 4.78 is 0. The first-order chi connectivity index (χ1) is 10.9. The van der Waals surface area contributed by atoms with Crippen molar-refractivity contribution in [2.24, 2.45) is 5.16 Å². The van der Waals surface area contributed by atoms with Crippen LogP contribution in [0.25, 0.3) is 0 Å². The number of aliphatic carboxylic acids is 1. The number of phenols is 2. The number of anilines is 1. The standard InChI is InChI=1S/C13H11N3O6S/c14-13-15-8(5-23-13)7(4-17)16-22-11(12(20)21)6-1-2-9(18)10(19)3-6/h1-5,11,18-19H,(H2,14,15)(H,20,21). The van der Waals surface area contributed by atoms with Gasteiger partial charge in [0.2, 0.25) is 6.10 Å². The van der Waals surface area contributed by atoms with Crippen molar-refractivity contribution in [2.75, 3.05) is 5.73 Å². The second kappa shape index (κ2) is 6.75. The van der Waals surface area contributed by atoms with E-state index in [4.69, 9.17) is 10.6 Å². The number of aldehydes is 1. The van der Waals surface area contributed by atoms with Crippen LogP contribution in [0.15, 0.2) is 28.7 Å². The zero-order chi connectivity index (χ0) is 17.0. The lowest BCUT2D eigenvalue weighted by Crippen LogP contribution is -2.15. The molecule has 0 amide bonds. The number of nitrogens with zero attached hydrogens (tertiary/aromatic N) is 2. The van der Waals surface area contributed by atoms with Gasteiger partial charge in [0.05, 0.1) is 0 Å². The van der Waals surface area contributed by atoms with Gasteiger partial charge in [0.1, 0.15) is 5.69 Å². The molecule has 1 unspecified atom stereocenters. The zero-order valence-corrected chi connectivity index (χ0v) is 12.2. The Balaban J connectivity index is 2.28. The predicted octanol–water partition coefficient (Wildman–Crippen LogP) is 0.882. The number of aromatic hydroxyl groups is 2. The predicted molar refractivity (Wildman–Crippen MR) is 80.4 cm³/mol. The fourth-order valence-corrected chi connectivity index (χ4v) is 2.15. The van der Waals surface area contributed by atoms with Gasteiger partial charge in [-0.2, -0.15) is 0 Å². The summed E-state index contributed by atoms with van der Waals surface area (Å²) in [6.45, 7) is 0. The number of nitrogens with two attached hydrogens (primary N) is 1. The number of carbonyl (C=O) groups is 2. The fraction of sp³-hybridized carbons (Fsp3) is 0.0769. The summed E-state index contributed by atoms with van der Waals surface area (Å²) in [6, 6.07) is 3.37. The Bertz CT molecular complexity index is 773. The van der Waals surface area contributed by atoms with E-state index in [2.05, 4.69) is 10.1 Å². The van der Waals surface area contributed by atoms with E-state index in [1.165, 1.54) is 11.4 Å². The van der Waals surface area contributed by atoms with Gasteiger partial charge in [0, 0.05) is 10.9 Å². The highest BCUT2D eigenvalue weighted by molar-refractivity contribution is 7.13. The zero-order valence-electron chi connectivity index (χ0n) is 11.4. The molecule has 0 bridgehead atoms. The Morgan fingerprint density at radius 2 is 2.13 bits per heavy atom. The number of benzene rings is 1. The molecule has 2 rings (SSSR count). The number of aromatic nitrogens is 1. The molecule has 10 heteroatoms.